The molecule has 0 bridgehead atoms. The first-order valence-electron chi connectivity index (χ1n) is 17.4. The molecule has 3 aromatic rings. The molecule has 2 aliphatic rings. The minimum absolute atomic E-state index is 0.0223. The fourth-order valence-electron chi connectivity index (χ4n) is 6.11. The maximum absolute atomic E-state index is 15.5. The molecular weight excluding hydrogens is 699 g/mol. The highest BCUT2D eigenvalue weighted by atomic mass is 19.4. The van der Waals surface area contributed by atoms with Gasteiger partial charge < -0.3 is 33.7 Å². The molecule has 0 radical (unpaired) electrons. The monoisotopic (exact) mass is 744 g/mol. The van der Waals surface area contributed by atoms with Crippen molar-refractivity contribution in [3.8, 4) is 5.75 Å². The summed E-state index contributed by atoms with van der Waals surface area (Å²) in [4.78, 5) is 26.0. The second kappa shape index (κ2) is 15.9. The van der Waals surface area contributed by atoms with E-state index >= 15 is 4.39 Å². The van der Waals surface area contributed by atoms with Gasteiger partial charge in [0.2, 0.25) is 11.9 Å². The van der Waals surface area contributed by atoms with Crippen LogP contribution in [0.5, 0.6) is 5.75 Å². The van der Waals surface area contributed by atoms with Crippen LogP contribution in [0.25, 0.3) is 16.5 Å². The van der Waals surface area contributed by atoms with Crippen LogP contribution in [0.2, 0.25) is 0 Å². The fraction of sp³-hybridized carbons (Fsp3) is 0.486. The van der Waals surface area contributed by atoms with Gasteiger partial charge in [-0.2, -0.15) is 17.6 Å². The molecule has 2 amide bonds. The molecule has 0 spiro atoms. The Morgan fingerprint density at radius 3 is 2.30 bits per heavy atom. The first-order valence-corrected chi connectivity index (χ1v) is 17.4. The Morgan fingerprint density at radius 2 is 1.72 bits per heavy atom. The quantitative estimate of drug-likeness (QED) is 0.117. The van der Waals surface area contributed by atoms with Crippen LogP contribution in [-0.4, -0.2) is 102 Å². The van der Waals surface area contributed by atoms with Crippen LogP contribution in [-0.2, 0) is 18.8 Å². The zero-order chi connectivity index (χ0) is 38.7. The first kappa shape index (κ1) is 39.8. The van der Waals surface area contributed by atoms with Crippen molar-refractivity contribution >= 4 is 35.6 Å². The number of alkyl halides is 3. The van der Waals surface area contributed by atoms with Crippen LogP contribution >= 0.6 is 0 Å². The van der Waals surface area contributed by atoms with Crippen molar-refractivity contribution < 1.29 is 51.0 Å². The van der Waals surface area contributed by atoms with E-state index in [2.05, 4.69) is 5.10 Å². The number of likely N-dealkylation sites (N-methyl/N-ethyl adjacent to an activating group) is 1. The molecule has 1 atom stereocenters. The summed E-state index contributed by atoms with van der Waals surface area (Å²) < 4.78 is 84.2. The van der Waals surface area contributed by atoms with Crippen molar-refractivity contribution in [2.24, 2.45) is 0 Å². The minimum atomic E-state index is -4.66. The van der Waals surface area contributed by atoms with Gasteiger partial charge in [0.05, 0.1) is 35.1 Å². The topological polar surface area (TPSA) is 116 Å². The van der Waals surface area contributed by atoms with E-state index in [1.54, 1.807) is 78.2 Å². The molecule has 11 nitrogen and oxygen atoms in total. The van der Waals surface area contributed by atoms with Crippen LogP contribution in [0.1, 0.15) is 70.7 Å². The Morgan fingerprint density at radius 1 is 1.06 bits per heavy atom. The highest BCUT2D eigenvalue weighted by Crippen LogP contribution is 2.44. The van der Waals surface area contributed by atoms with E-state index < -0.39 is 49.2 Å². The van der Waals surface area contributed by atoms with Gasteiger partial charge in [-0.1, -0.05) is 24.3 Å². The van der Waals surface area contributed by atoms with Gasteiger partial charge in [-0.25, -0.2) is 9.48 Å². The van der Waals surface area contributed by atoms with E-state index in [0.29, 0.717) is 35.4 Å². The number of hydrogen-bond donors (Lipinski definition) is 1. The molecule has 0 aliphatic carbocycles. The maximum atomic E-state index is 15.5. The summed E-state index contributed by atoms with van der Waals surface area (Å²) in [7, 11) is 1.78. The number of halogens is 4. The van der Waals surface area contributed by atoms with E-state index in [0.717, 1.165) is 17.7 Å². The Balaban J connectivity index is 1.51. The van der Waals surface area contributed by atoms with Crippen LogP contribution in [0.4, 0.5) is 22.4 Å². The normalized spacial score (nSPS) is 19.1. The molecule has 1 aromatic heterocycles. The molecule has 286 valence electrons. The minimum Gasteiger partial charge on any atom is -0.492 e. The van der Waals surface area contributed by atoms with Gasteiger partial charge >= 0.3 is 19.4 Å². The average Bonchev–Trinajstić information content (AvgIpc) is 3.53. The van der Waals surface area contributed by atoms with Crippen LogP contribution in [0, 0.1) is 5.95 Å². The molecule has 5 rings (SSSR count). The van der Waals surface area contributed by atoms with Crippen molar-refractivity contribution in [2.75, 3.05) is 40.4 Å². The average molecular weight is 745 g/mol. The van der Waals surface area contributed by atoms with Crippen LogP contribution < -0.4 is 4.74 Å². The standard InChI is InChI=1S/C37H45BF4N4O7/c1-35(2)36(3,4)53-38(52-35)28(23-37(40,41)42)32(25-14-17-29-27(22-25)33(39)43-46(29)31-11-7-8-20-51-31)24-12-15-26(16-13-24)50-21-19-45(34(48)49)18-9-10-30(47)44(5)6/h9-10,12-17,22,31H,7-8,11,18-21,23H2,1-6H3,(H,48,49). The SMILES string of the molecule is CN(C)C(=O)C=CCN(CCOc1ccc(C(=C(CC(F)(F)F)B2OC(C)(C)C(C)(C)O2)c2ccc3c(c2)c(F)nn3C2CCCCO2)cc1)C(=O)O. The zero-order valence-corrected chi connectivity index (χ0v) is 30.7. The molecule has 2 aromatic carbocycles. The van der Waals surface area contributed by atoms with E-state index in [-0.39, 0.29) is 42.0 Å². The molecule has 2 fully saturated rings. The van der Waals surface area contributed by atoms with Crippen molar-refractivity contribution in [2.45, 2.75) is 77.0 Å². The summed E-state index contributed by atoms with van der Waals surface area (Å²) in [6, 6.07) is 11.0. The number of aromatic nitrogens is 2. The van der Waals surface area contributed by atoms with Crippen LogP contribution in [0.15, 0.2) is 60.1 Å². The summed E-state index contributed by atoms with van der Waals surface area (Å²) in [6.07, 6.45) is -2.54. The molecule has 2 aliphatic heterocycles. The summed E-state index contributed by atoms with van der Waals surface area (Å²) in [6.45, 7) is 7.41. The number of rotatable bonds is 12. The number of carboxylic acid groups (broad SMARTS) is 1. The number of carbonyl (C=O) groups excluding carboxylic acids is 1. The molecule has 53 heavy (non-hydrogen) atoms. The van der Waals surface area contributed by atoms with Gasteiger partial charge in [-0.3, -0.25) is 4.79 Å². The Labute approximate surface area is 306 Å². The van der Waals surface area contributed by atoms with Gasteiger partial charge in [-0.15, -0.1) is 5.10 Å². The van der Waals surface area contributed by atoms with Crippen molar-refractivity contribution in [1.82, 2.24) is 19.6 Å². The summed E-state index contributed by atoms with van der Waals surface area (Å²) >= 11 is 0. The molecule has 1 N–H and O–H groups in total. The van der Waals surface area contributed by atoms with Crippen LogP contribution in [0.3, 0.4) is 0 Å². The van der Waals surface area contributed by atoms with Crippen molar-refractivity contribution in [3.05, 3.63) is 77.2 Å². The summed E-state index contributed by atoms with van der Waals surface area (Å²) in [5.74, 6) is -0.728. The second-order valence-corrected chi connectivity index (χ2v) is 14.3. The summed E-state index contributed by atoms with van der Waals surface area (Å²) in [5.41, 5.74) is -0.842. The number of ether oxygens (including phenoxy) is 2. The Hall–Kier alpha value is -4.41. The molecule has 16 heteroatoms. The zero-order valence-electron chi connectivity index (χ0n) is 30.7. The molecular formula is C37H45BF4N4O7. The smallest absolute Gasteiger partial charge is 0.491 e. The number of amides is 2. The van der Waals surface area contributed by atoms with Gasteiger partial charge in [0.15, 0.2) is 6.23 Å². The Bertz CT molecular complexity index is 1840. The number of fused-ring (bicyclic) bond motifs is 1. The lowest BCUT2D eigenvalue weighted by Crippen LogP contribution is -2.41. The van der Waals surface area contributed by atoms with Crippen molar-refractivity contribution in [1.29, 1.82) is 0 Å². The highest BCUT2D eigenvalue weighted by molar-refractivity contribution is 6.56. The number of nitrogens with zero attached hydrogens (tertiary/aromatic N) is 4. The lowest BCUT2D eigenvalue weighted by Gasteiger charge is -2.32. The Kier molecular flexibility index (Phi) is 11.9. The highest BCUT2D eigenvalue weighted by Gasteiger charge is 2.54. The fourth-order valence-corrected chi connectivity index (χ4v) is 6.11. The van der Waals surface area contributed by atoms with Gasteiger partial charge in [0, 0.05) is 33.3 Å². The number of hydrogen-bond acceptors (Lipinski definition) is 7. The maximum Gasteiger partial charge on any atom is 0.491 e. The van der Waals surface area contributed by atoms with Gasteiger partial charge in [0.25, 0.3) is 0 Å². The summed E-state index contributed by atoms with van der Waals surface area (Å²) in [5, 5.41) is 13.8. The van der Waals surface area contributed by atoms with Gasteiger partial charge in [-0.05, 0) is 93.4 Å². The third kappa shape index (κ3) is 9.40. The van der Waals surface area contributed by atoms with Gasteiger partial charge in [0.1, 0.15) is 12.4 Å². The number of allylic oxidation sites excluding steroid dienone is 1. The largest absolute Gasteiger partial charge is 0.492 e. The van der Waals surface area contributed by atoms with E-state index in [4.69, 9.17) is 18.8 Å². The molecule has 0 saturated carbocycles. The lowest BCUT2D eigenvalue weighted by molar-refractivity contribution is -0.126. The molecule has 2 saturated heterocycles. The second-order valence-electron chi connectivity index (χ2n) is 14.3. The number of carbonyl (C=O) groups is 2. The van der Waals surface area contributed by atoms with Crippen molar-refractivity contribution in [3.63, 3.8) is 0 Å². The third-order valence-corrected chi connectivity index (χ3v) is 9.70. The third-order valence-electron chi connectivity index (χ3n) is 9.70. The molecule has 3 heterocycles. The lowest BCUT2D eigenvalue weighted by atomic mass is 9.70. The molecule has 1 unspecified atom stereocenters. The number of benzene rings is 2. The van der Waals surface area contributed by atoms with E-state index in [1.165, 1.54) is 27.8 Å². The predicted octanol–water partition coefficient (Wildman–Crippen LogP) is 7.26. The first-order chi connectivity index (χ1) is 24.9. The predicted molar refractivity (Wildman–Crippen MR) is 191 cm³/mol. The van der Waals surface area contributed by atoms with E-state index in [9.17, 15) is 27.9 Å². The van der Waals surface area contributed by atoms with E-state index in [1.807, 2.05) is 0 Å².